The number of nitrogens with two attached hydrogens (primary N) is 1. The van der Waals surface area contributed by atoms with Crippen molar-refractivity contribution >= 4 is 27.8 Å². The number of carbonyl (C=O) groups excluding carboxylic acids is 1. The lowest BCUT2D eigenvalue weighted by atomic mass is 10.0. The number of amides is 1. The molecule has 6 nitrogen and oxygen atoms in total. The normalized spacial score (nSPS) is 16.2. The zero-order chi connectivity index (χ0) is 19.0. The standard InChI is InChI=1S/C21H24N4O2/c1-2-24-8-10-25(11-9-24)13-14-6-7-17-16(12-14)20(22)19-15(21(23)26)4-3-5-18(19)27-17/h3-7,12,22H,2,8-11,13H2,1H3,(H2,23,26). The third-order valence-electron chi connectivity index (χ3n) is 5.39. The van der Waals surface area contributed by atoms with Crippen LogP contribution in [-0.4, -0.2) is 48.4 Å². The Balaban J connectivity index is 1.72. The molecule has 1 saturated heterocycles. The van der Waals surface area contributed by atoms with Crippen LogP contribution in [0.2, 0.25) is 0 Å². The quantitative estimate of drug-likeness (QED) is 0.696. The van der Waals surface area contributed by atoms with Gasteiger partial charge in [-0.05, 0) is 36.4 Å². The molecule has 0 bridgehead atoms. The lowest BCUT2D eigenvalue weighted by Gasteiger charge is -2.34. The molecule has 0 aliphatic carbocycles. The van der Waals surface area contributed by atoms with Gasteiger partial charge in [0.05, 0.1) is 16.3 Å². The van der Waals surface area contributed by atoms with Gasteiger partial charge in [-0.25, -0.2) is 0 Å². The molecule has 1 aliphatic heterocycles. The number of fused-ring (bicyclic) bond motifs is 2. The first-order valence-corrected chi connectivity index (χ1v) is 9.34. The van der Waals surface area contributed by atoms with Gasteiger partial charge in [0.25, 0.3) is 0 Å². The number of likely N-dealkylation sites (N-methyl/N-ethyl adjacent to an activating group) is 1. The van der Waals surface area contributed by atoms with Gasteiger partial charge in [0.15, 0.2) is 0 Å². The second kappa shape index (κ2) is 7.13. The van der Waals surface area contributed by atoms with Gasteiger partial charge in [-0.1, -0.05) is 19.1 Å². The van der Waals surface area contributed by atoms with Crippen LogP contribution in [-0.2, 0) is 6.54 Å². The van der Waals surface area contributed by atoms with Gasteiger partial charge in [-0.15, -0.1) is 0 Å². The summed E-state index contributed by atoms with van der Waals surface area (Å²) in [5.41, 5.74) is 8.12. The maximum absolute atomic E-state index is 11.8. The van der Waals surface area contributed by atoms with Gasteiger partial charge in [-0.3, -0.25) is 15.1 Å². The van der Waals surface area contributed by atoms with E-state index in [9.17, 15) is 4.79 Å². The van der Waals surface area contributed by atoms with Crippen molar-refractivity contribution in [1.29, 1.82) is 5.41 Å². The Morgan fingerprint density at radius 3 is 2.56 bits per heavy atom. The van der Waals surface area contributed by atoms with Gasteiger partial charge in [-0.2, -0.15) is 0 Å². The Hall–Kier alpha value is -2.70. The van der Waals surface area contributed by atoms with E-state index in [1.165, 1.54) is 0 Å². The van der Waals surface area contributed by atoms with Crippen LogP contribution < -0.4 is 11.1 Å². The molecule has 4 rings (SSSR count). The van der Waals surface area contributed by atoms with E-state index in [1.54, 1.807) is 18.2 Å². The molecule has 1 fully saturated rings. The summed E-state index contributed by atoms with van der Waals surface area (Å²) in [4.78, 5) is 16.7. The molecular formula is C21H24N4O2. The lowest BCUT2D eigenvalue weighted by molar-refractivity contribution is 0.100. The van der Waals surface area contributed by atoms with Crippen molar-refractivity contribution in [2.24, 2.45) is 5.73 Å². The molecule has 1 aromatic heterocycles. The maximum Gasteiger partial charge on any atom is 0.249 e. The summed E-state index contributed by atoms with van der Waals surface area (Å²) in [6.07, 6.45) is 0. The number of hydrogen-bond donors (Lipinski definition) is 2. The molecule has 0 spiro atoms. The molecule has 2 aromatic carbocycles. The highest BCUT2D eigenvalue weighted by Crippen LogP contribution is 2.22. The van der Waals surface area contributed by atoms with Crippen LogP contribution in [0.15, 0.2) is 40.8 Å². The van der Waals surface area contributed by atoms with Gasteiger partial charge < -0.3 is 15.1 Å². The summed E-state index contributed by atoms with van der Waals surface area (Å²) in [6.45, 7) is 8.43. The van der Waals surface area contributed by atoms with Crippen molar-refractivity contribution in [3.05, 3.63) is 52.9 Å². The van der Waals surface area contributed by atoms with Crippen molar-refractivity contribution in [2.45, 2.75) is 13.5 Å². The molecule has 1 amide bonds. The highest BCUT2D eigenvalue weighted by atomic mass is 16.3. The Morgan fingerprint density at radius 2 is 1.85 bits per heavy atom. The van der Waals surface area contributed by atoms with Crippen molar-refractivity contribution in [3.63, 3.8) is 0 Å². The van der Waals surface area contributed by atoms with Crippen LogP contribution in [0.3, 0.4) is 0 Å². The van der Waals surface area contributed by atoms with Gasteiger partial charge >= 0.3 is 0 Å². The smallest absolute Gasteiger partial charge is 0.249 e. The molecule has 1 aliphatic rings. The summed E-state index contributed by atoms with van der Waals surface area (Å²) in [6, 6.07) is 11.1. The SMILES string of the molecule is CCN1CCN(Cc2ccc3oc4cccc(C(N)=O)c4c(=N)c3c2)CC1. The molecule has 140 valence electrons. The van der Waals surface area contributed by atoms with Crippen LogP contribution >= 0.6 is 0 Å². The van der Waals surface area contributed by atoms with E-state index in [0.717, 1.165) is 44.8 Å². The molecule has 0 unspecified atom stereocenters. The fourth-order valence-corrected chi connectivity index (χ4v) is 3.81. The van der Waals surface area contributed by atoms with E-state index in [0.29, 0.717) is 32.9 Å². The first kappa shape index (κ1) is 17.7. The largest absolute Gasteiger partial charge is 0.456 e. The van der Waals surface area contributed by atoms with Crippen LogP contribution in [0, 0.1) is 5.41 Å². The minimum absolute atomic E-state index is 0.290. The Morgan fingerprint density at radius 1 is 1.11 bits per heavy atom. The number of carbonyl (C=O) groups is 1. The van der Waals surface area contributed by atoms with Crippen LogP contribution in [0.25, 0.3) is 21.9 Å². The van der Waals surface area contributed by atoms with Crippen LogP contribution in [0.5, 0.6) is 0 Å². The zero-order valence-corrected chi connectivity index (χ0v) is 15.5. The van der Waals surface area contributed by atoms with Crippen LogP contribution in [0.4, 0.5) is 0 Å². The molecule has 3 N–H and O–H groups in total. The fourth-order valence-electron chi connectivity index (χ4n) is 3.81. The average Bonchev–Trinajstić information content (AvgIpc) is 2.68. The number of nitrogens with one attached hydrogen (secondary N) is 1. The monoisotopic (exact) mass is 364 g/mol. The van der Waals surface area contributed by atoms with E-state index in [-0.39, 0.29) is 0 Å². The first-order valence-electron chi connectivity index (χ1n) is 9.34. The third kappa shape index (κ3) is 3.34. The summed E-state index contributed by atoms with van der Waals surface area (Å²) in [7, 11) is 0. The fraction of sp³-hybridized carbons (Fsp3) is 0.333. The minimum Gasteiger partial charge on any atom is -0.456 e. The molecular weight excluding hydrogens is 340 g/mol. The topological polar surface area (TPSA) is 86.6 Å². The number of primary amides is 1. The summed E-state index contributed by atoms with van der Waals surface area (Å²) in [5, 5.41) is 10.1. The number of benzene rings is 2. The van der Waals surface area contributed by atoms with Crippen molar-refractivity contribution in [1.82, 2.24) is 9.80 Å². The Bertz CT molecular complexity index is 1060. The molecule has 2 heterocycles. The molecule has 0 saturated carbocycles. The summed E-state index contributed by atoms with van der Waals surface area (Å²) >= 11 is 0. The van der Waals surface area contributed by atoms with Gasteiger partial charge in [0.2, 0.25) is 5.91 Å². The second-order valence-electron chi connectivity index (χ2n) is 7.06. The van der Waals surface area contributed by atoms with Gasteiger partial charge in [0, 0.05) is 38.1 Å². The predicted molar refractivity (Wildman–Crippen MR) is 105 cm³/mol. The number of rotatable bonds is 4. The number of nitrogens with zero attached hydrogens (tertiary/aromatic N) is 2. The van der Waals surface area contributed by atoms with Gasteiger partial charge in [0.1, 0.15) is 11.2 Å². The third-order valence-corrected chi connectivity index (χ3v) is 5.39. The predicted octanol–water partition coefficient (Wildman–Crippen LogP) is 2.30. The second-order valence-corrected chi connectivity index (χ2v) is 7.06. The van der Waals surface area contributed by atoms with Crippen molar-refractivity contribution in [2.75, 3.05) is 32.7 Å². The number of piperazine rings is 1. The number of hydrogen-bond acceptors (Lipinski definition) is 5. The van der Waals surface area contributed by atoms with Crippen molar-refractivity contribution in [3.8, 4) is 0 Å². The molecule has 0 atom stereocenters. The highest BCUT2D eigenvalue weighted by Gasteiger charge is 2.17. The van der Waals surface area contributed by atoms with E-state index in [1.807, 2.05) is 12.1 Å². The average molecular weight is 364 g/mol. The first-order chi connectivity index (χ1) is 13.1. The van der Waals surface area contributed by atoms with E-state index >= 15 is 0 Å². The van der Waals surface area contributed by atoms with Crippen LogP contribution in [0.1, 0.15) is 22.8 Å². The van der Waals surface area contributed by atoms with E-state index in [4.69, 9.17) is 15.6 Å². The Labute approximate surface area is 157 Å². The summed E-state index contributed by atoms with van der Waals surface area (Å²) in [5.74, 6) is -0.548. The molecule has 0 radical (unpaired) electrons. The maximum atomic E-state index is 11.8. The zero-order valence-electron chi connectivity index (χ0n) is 15.5. The Kier molecular flexibility index (Phi) is 4.68. The molecule has 6 heteroatoms. The van der Waals surface area contributed by atoms with E-state index < -0.39 is 5.91 Å². The van der Waals surface area contributed by atoms with Crippen molar-refractivity contribution < 1.29 is 9.21 Å². The summed E-state index contributed by atoms with van der Waals surface area (Å²) < 4.78 is 5.94. The lowest BCUT2D eigenvalue weighted by Crippen LogP contribution is -2.45. The molecule has 3 aromatic rings. The molecule has 27 heavy (non-hydrogen) atoms. The highest BCUT2D eigenvalue weighted by molar-refractivity contribution is 6.06. The minimum atomic E-state index is -0.548. The van der Waals surface area contributed by atoms with E-state index in [2.05, 4.69) is 22.8 Å².